The second-order valence-electron chi connectivity index (χ2n) is 3.91. The van der Waals surface area contributed by atoms with E-state index < -0.39 is 6.61 Å². The Morgan fingerprint density at radius 3 is 2.67 bits per heavy atom. The standard InChI is InChI=1S/C13H14INO3/c1-15(13(17)8-16)7-10-2-4-11(5-3-10)12-6-14-9-18-12/h2-6,9,16H,7-8H2,1H3. The van der Waals surface area contributed by atoms with E-state index in [1.165, 1.54) is 4.90 Å². The molecule has 1 aliphatic rings. The van der Waals surface area contributed by atoms with E-state index in [0.717, 1.165) is 16.9 Å². The molecule has 1 heterocycles. The summed E-state index contributed by atoms with van der Waals surface area (Å²) in [5, 5.41) is 8.76. The molecule has 96 valence electrons. The largest absolute Gasteiger partial charge is 0.458 e. The van der Waals surface area contributed by atoms with Crippen LogP contribution in [0.25, 0.3) is 5.76 Å². The molecule has 1 aliphatic heterocycles. The van der Waals surface area contributed by atoms with Crippen LogP contribution in [0.2, 0.25) is 0 Å². The van der Waals surface area contributed by atoms with Gasteiger partial charge in [-0.3, -0.25) is 4.79 Å². The number of carbonyl (C=O) groups is 1. The van der Waals surface area contributed by atoms with Crippen LogP contribution in [0.15, 0.2) is 28.3 Å². The summed E-state index contributed by atoms with van der Waals surface area (Å²) in [4.78, 5) is 12.7. The predicted octanol–water partition coefficient (Wildman–Crippen LogP) is 1.70. The quantitative estimate of drug-likeness (QED) is 0.833. The highest BCUT2D eigenvalue weighted by Gasteiger charge is 2.09. The van der Waals surface area contributed by atoms with Crippen molar-refractivity contribution in [1.29, 1.82) is 0 Å². The summed E-state index contributed by atoms with van der Waals surface area (Å²) in [6.45, 7) is 0.0491. The number of nitrogens with zero attached hydrogens (tertiary/aromatic N) is 1. The first kappa shape index (κ1) is 13.2. The van der Waals surface area contributed by atoms with Crippen LogP contribution in [0.4, 0.5) is 0 Å². The number of aliphatic hydroxyl groups excluding tert-OH is 1. The van der Waals surface area contributed by atoms with Gasteiger partial charge in [0.1, 0.15) is 16.6 Å². The SMILES string of the molecule is CN(Cc1ccc(C2=CI=CO2)cc1)C(=O)CO. The summed E-state index contributed by atoms with van der Waals surface area (Å²) >= 11 is -0.0472. The van der Waals surface area contributed by atoms with Gasteiger partial charge in [0, 0.05) is 23.2 Å². The van der Waals surface area contributed by atoms with E-state index in [1.54, 1.807) is 7.05 Å². The van der Waals surface area contributed by atoms with Gasteiger partial charge in [-0.15, -0.1) is 0 Å². The lowest BCUT2D eigenvalue weighted by Crippen LogP contribution is -2.28. The summed E-state index contributed by atoms with van der Waals surface area (Å²) in [5.74, 6) is 0.648. The Morgan fingerprint density at radius 2 is 2.11 bits per heavy atom. The van der Waals surface area contributed by atoms with E-state index in [2.05, 4.69) is 4.08 Å². The van der Waals surface area contributed by atoms with Crippen molar-refractivity contribution >= 4 is 36.6 Å². The molecule has 0 unspecified atom stereocenters. The summed E-state index contributed by atoms with van der Waals surface area (Å²) in [6.07, 6.45) is 0. The second kappa shape index (κ2) is 6.10. The highest BCUT2D eigenvalue weighted by Crippen LogP contribution is 2.24. The molecule has 18 heavy (non-hydrogen) atoms. The molecule has 0 bridgehead atoms. The summed E-state index contributed by atoms with van der Waals surface area (Å²) in [7, 11) is 1.68. The average Bonchev–Trinajstić information content (AvgIpc) is 2.92. The lowest BCUT2D eigenvalue weighted by Gasteiger charge is -2.16. The molecule has 1 N–H and O–H groups in total. The molecule has 0 spiro atoms. The molecule has 0 radical (unpaired) electrons. The van der Waals surface area contributed by atoms with Crippen LogP contribution >= 0.6 is 20.7 Å². The maximum Gasteiger partial charge on any atom is 0.248 e. The molecule has 1 aromatic carbocycles. The molecule has 1 aromatic rings. The minimum Gasteiger partial charge on any atom is -0.458 e. The van der Waals surface area contributed by atoms with Crippen LogP contribution in [0.5, 0.6) is 0 Å². The van der Waals surface area contributed by atoms with Gasteiger partial charge < -0.3 is 14.7 Å². The lowest BCUT2D eigenvalue weighted by atomic mass is 10.1. The lowest BCUT2D eigenvalue weighted by molar-refractivity contribution is -0.133. The Kier molecular flexibility index (Phi) is 4.48. The third-order valence-corrected chi connectivity index (χ3v) is 4.08. The minimum atomic E-state index is -0.450. The monoisotopic (exact) mass is 359 g/mol. The first-order valence-corrected chi connectivity index (χ1v) is 7.94. The zero-order valence-electron chi connectivity index (χ0n) is 9.97. The molecule has 4 nitrogen and oxygen atoms in total. The number of aliphatic hydroxyl groups is 1. The molecule has 0 saturated carbocycles. The third-order valence-electron chi connectivity index (χ3n) is 2.60. The zero-order valence-corrected chi connectivity index (χ0v) is 12.1. The first-order chi connectivity index (χ1) is 8.70. The third kappa shape index (κ3) is 3.17. The van der Waals surface area contributed by atoms with Gasteiger partial charge in [0.2, 0.25) is 5.91 Å². The van der Waals surface area contributed by atoms with Crippen molar-refractivity contribution in [3.8, 4) is 0 Å². The number of hydrogen-bond donors (Lipinski definition) is 1. The van der Waals surface area contributed by atoms with E-state index in [-0.39, 0.29) is 26.6 Å². The first-order valence-electron chi connectivity index (χ1n) is 5.45. The Labute approximate surface area is 116 Å². The summed E-state index contributed by atoms with van der Waals surface area (Å²) in [5.41, 5.74) is 2.09. The molecule has 1 amide bonds. The van der Waals surface area contributed by atoms with Crippen molar-refractivity contribution in [2.45, 2.75) is 6.54 Å². The van der Waals surface area contributed by atoms with E-state index >= 15 is 0 Å². The molecule has 0 saturated heterocycles. The minimum absolute atomic E-state index is 0.0472. The Balaban J connectivity index is 2.02. The molecule has 0 aliphatic carbocycles. The number of likely N-dealkylation sites (N-methyl/N-ethyl adjacent to an activating group) is 1. The average molecular weight is 359 g/mol. The molecule has 5 heteroatoms. The molecule has 0 atom stereocenters. The maximum atomic E-state index is 11.2. The van der Waals surface area contributed by atoms with Crippen LogP contribution in [0.1, 0.15) is 11.1 Å². The predicted molar refractivity (Wildman–Crippen MR) is 79.1 cm³/mol. The van der Waals surface area contributed by atoms with Gasteiger partial charge in [-0.25, -0.2) is 0 Å². The normalized spacial score (nSPS) is 13.6. The van der Waals surface area contributed by atoms with Gasteiger partial charge in [-0.1, -0.05) is 24.3 Å². The van der Waals surface area contributed by atoms with Crippen molar-refractivity contribution in [2.75, 3.05) is 13.7 Å². The van der Waals surface area contributed by atoms with Gasteiger partial charge in [0.25, 0.3) is 0 Å². The number of amides is 1. The molecular formula is C13H14INO3. The van der Waals surface area contributed by atoms with Gasteiger partial charge >= 0.3 is 0 Å². The molecule has 0 fully saturated rings. The van der Waals surface area contributed by atoms with Crippen molar-refractivity contribution in [2.24, 2.45) is 0 Å². The van der Waals surface area contributed by atoms with Crippen LogP contribution < -0.4 is 0 Å². The van der Waals surface area contributed by atoms with Crippen LogP contribution in [-0.4, -0.2) is 33.8 Å². The molecular weight excluding hydrogens is 345 g/mol. The highest BCUT2D eigenvalue weighted by atomic mass is 127. The van der Waals surface area contributed by atoms with Crippen LogP contribution in [-0.2, 0) is 16.1 Å². The van der Waals surface area contributed by atoms with Gasteiger partial charge in [0.05, 0.1) is 0 Å². The summed E-state index contributed by atoms with van der Waals surface area (Å²) < 4.78 is 9.41. The molecule has 0 aromatic heterocycles. The smallest absolute Gasteiger partial charge is 0.248 e. The maximum absolute atomic E-state index is 11.2. The topological polar surface area (TPSA) is 49.8 Å². The van der Waals surface area contributed by atoms with E-state index in [4.69, 9.17) is 9.84 Å². The van der Waals surface area contributed by atoms with Crippen LogP contribution in [0, 0.1) is 0 Å². The van der Waals surface area contributed by atoms with Crippen molar-refractivity contribution in [3.05, 3.63) is 39.5 Å². The zero-order chi connectivity index (χ0) is 13.0. The second-order valence-corrected chi connectivity index (χ2v) is 5.76. The molecule has 2 rings (SSSR count). The van der Waals surface area contributed by atoms with E-state index in [0.29, 0.717) is 6.54 Å². The van der Waals surface area contributed by atoms with E-state index in [1.807, 2.05) is 28.5 Å². The van der Waals surface area contributed by atoms with Gasteiger partial charge in [0.15, 0.2) is 0 Å². The number of rotatable bonds is 4. The highest BCUT2D eigenvalue weighted by molar-refractivity contribution is 14.2. The Hall–Kier alpha value is -1.21. The number of halogens is 1. The van der Waals surface area contributed by atoms with Crippen molar-refractivity contribution in [3.63, 3.8) is 0 Å². The number of hydrogen-bond acceptors (Lipinski definition) is 3. The fraction of sp³-hybridized carbons (Fsp3) is 0.231. The number of ether oxygens (including phenoxy) is 1. The fourth-order valence-corrected chi connectivity index (χ4v) is 2.97. The Morgan fingerprint density at radius 1 is 1.39 bits per heavy atom. The van der Waals surface area contributed by atoms with Gasteiger partial charge in [-0.05, 0) is 26.3 Å². The number of benzene rings is 1. The number of carbonyl (C=O) groups excluding carboxylic acids is 1. The fourth-order valence-electron chi connectivity index (χ4n) is 1.57. The van der Waals surface area contributed by atoms with E-state index in [9.17, 15) is 4.79 Å². The summed E-state index contributed by atoms with van der Waals surface area (Å²) in [6, 6.07) is 7.91. The van der Waals surface area contributed by atoms with Crippen molar-refractivity contribution < 1.29 is 14.6 Å². The van der Waals surface area contributed by atoms with Crippen molar-refractivity contribution in [1.82, 2.24) is 4.90 Å². The van der Waals surface area contributed by atoms with Gasteiger partial charge in [-0.2, -0.15) is 0 Å². The Bertz CT molecular complexity index is 493. The van der Waals surface area contributed by atoms with Crippen LogP contribution in [0.3, 0.4) is 0 Å².